The highest BCUT2D eigenvalue weighted by Gasteiger charge is 2.41. The number of imidazole rings is 1. The van der Waals surface area contributed by atoms with E-state index in [1.165, 1.54) is 16.2 Å². The molecule has 6 rings (SSSR count). The maximum atomic E-state index is 13.7. The SMILES string of the molecule is O=C(c1oc(C2CC2)nc1C(F)F)N1CCc2[nH]cnc2[C@H]1c1nc2ccccc2s1. The zero-order chi connectivity index (χ0) is 21.1. The summed E-state index contributed by atoms with van der Waals surface area (Å²) in [6.07, 6.45) is 0.915. The monoisotopic (exact) mass is 441 g/mol. The predicted molar refractivity (Wildman–Crippen MR) is 108 cm³/mol. The average Bonchev–Trinajstić information content (AvgIpc) is 3.18. The van der Waals surface area contributed by atoms with Crippen LogP contribution in [-0.4, -0.2) is 37.3 Å². The Morgan fingerprint density at radius 1 is 1.26 bits per heavy atom. The number of fused-ring (bicyclic) bond motifs is 2. The van der Waals surface area contributed by atoms with Gasteiger partial charge < -0.3 is 14.3 Å². The van der Waals surface area contributed by atoms with Gasteiger partial charge in [0.15, 0.2) is 11.6 Å². The van der Waals surface area contributed by atoms with Gasteiger partial charge in [-0.15, -0.1) is 11.3 Å². The Labute approximate surface area is 179 Å². The fourth-order valence-electron chi connectivity index (χ4n) is 4.04. The van der Waals surface area contributed by atoms with Crippen molar-refractivity contribution >= 4 is 27.5 Å². The Morgan fingerprint density at radius 2 is 2.10 bits per heavy atom. The molecule has 0 spiro atoms. The number of rotatable bonds is 4. The molecular weight excluding hydrogens is 424 g/mol. The summed E-state index contributed by atoms with van der Waals surface area (Å²) >= 11 is 1.46. The molecule has 0 bridgehead atoms. The number of alkyl halides is 2. The lowest BCUT2D eigenvalue weighted by atomic mass is 10.0. The number of benzene rings is 1. The minimum atomic E-state index is -2.89. The number of nitrogens with zero attached hydrogens (tertiary/aromatic N) is 4. The topological polar surface area (TPSA) is 87.9 Å². The highest BCUT2D eigenvalue weighted by atomic mass is 32.1. The van der Waals surface area contributed by atoms with Crippen molar-refractivity contribution in [3.8, 4) is 0 Å². The van der Waals surface area contributed by atoms with Crippen LogP contribution in [0.3, 0.4) is 0 Å². The first-order chi connectivity index (χ1) is 15.1. The molecule has 1 fully saturated rings. The van der Waals surface area contributed by atoms with E-state index in [0.29, 0.717) is 23.7 Å². The minimum absolute atomic E-state index is 0.0263. The van der Waals surface area contributed by atoms with Crippen molar-refractivity contribution in [1.82, 2.24) is 24.8 Å². The van der Waals surface area contributed by atoms with Gasteiger partial charge in [-0.2, -0.15) is 0 Å². The summed E-state index contributed by atoms with van der Waals surface area (Å²) in [7, 11) is 0. The van der Waals surface area contributed by atoms with Gasteiger partial charge in [-0.25, -0.2) is 23.7 Å². The number of thiazole rings is 1. The molecule has 2 aliphatic rings. The molecule has 0 unspecified atom stereocenters. The van der Waals surface area contributed by atoms with Crippen molar-refractivity contribution in [2.24, 2.45) is 0 Å². The Morgan fingerprint density at radius 3 is 2.87 bits per heavy atom. The van der Waals surface area contributed by atoms with E-state index in [2.05, 4.69) is 15.0 Å². The van der Waals surface area contributed by atoms with Crippen LogP contribution in [0.1, 0.15) is 69.8 Å². The number of hydrogen-bond acceptors (Lipinski definition) is 6. The zero-order valence-corrected chi connectivity index (χ0v) is 17.0. The summed E-state index contributed by atoms with van der Waals surface area (Å²) in [6.45, 7) is 0.330. The molecule has 10 heteroatoms. The molecule has 1 aromatic carbocycles. The summed E-state index contributed by atoms with van der Waals surface area (Å²) in [6, 6.07) is 7.11. The van der Waals surface area contributed by atoms with Crippen LogP contribution < -0.4 is 0 Å². The number of carbonyl (C=O) groups is 1. The van der Waals surface area contributed by atoms with Gasteiger partial charge in [0.05, 0.1) is 22.2 Å². The third-order valence-electron chi connectivity index (χ3n) is 5.73. The number of aromatic nitrogens is 4. The lowest BCUT2D eigenvalue weighted by Gasteiger charge is -2.33. The van der Waals surface area contributed by atoms with Crippen LogP contribution >= 0.6 is 11.3 Å². The van der Waals surface area contributed by atoms with Gasteiger partial charge in [0.25, 0.3) is 12.3 Å². The number of para-hydroxylation sites is 1. The molecule has 1 saturated carbocycles. The van der Waals surface area contributed by atoms with Crippen LogP contribution in [0.5, 0.6) is 0 Å². The number of aromatic amines is 1. The lowest BCUT2D eigenvalue weighted by Crippen LogP contribution is -2.41. The molecular formula is C21H17F2N5O2S. The number of H-pyrrole nitrogens is 1. The first-order valence-corrected chi connectivity index (χ1v) is 10.9. The number of nitrogens with one attached hydrogen (secondary N) is 1. The molecule has 31 heavy (non-hydrogen) atoms. The van der Waals surface area contributed by atoms with E-state index in [1.54, 1.807) is 6.33 Å². The van der Waals surface area contributed by atoms with E-state index in [1.807, 2.05) is 24.3 Å². The van der Waals surface area contributed by atoms with Crippen molar-refractivity contribution in [2.45, 2.75) is 37.6 Å². The van der Waals surface area contributed by atoms with Crippen molar-refractivity contribution in [3.63, 3.8) is 0 Å². The predicted octanol–water partition coefficient (Wildman–Crippen LogP) is 4.61. The van der Waals surface area contributed by atoms with Crippen molar-refractivity contribution < 1.29 is 18.0 Å². The Bertz CT molecular complexity index is 1260. The number of amides is 1. The summed E-state index contributed by atoms with van der Waals surface area (Å²) in [5.74, 6) is -0.722. The fourth-order valence-corrected chi connectivity index (χ4v) is 5.12. The summed E-state index contributed by atoms with van der Waals surface area (Å²) in [4.78, 5) is 31.3. The normalized spacial score (nSPS) is 18.7. The third-order valence-corrected chi connectivity index (χ3v) is 6.82. The second kappa shape index (κ2) is 6.94. The molecule has 1 amide bonds. The molecule has 3 aromatic heterocycles. The maximum absolute atomic E-state index is 13.7. The van der Waals surface area contributed by atoms with Gasteiger partial charge in [-0.1, -0.05) is 12.1 Å². The first kappa shape index (κ1) is 18.6. The van der Waals surface area contributed by atoms with E-state index in [9.17, 15) is 13.6 Å². The second-order valence-electron chi connectivity index (χ2n) is 7.78. The molecule has 1 N–H and O–H groups in total. The highest BCUT2D eigenvalue weighted by Crippen LogP contribution is 2.43. The van der Waals surface area contributed by atoms with Crippen LogP contribution in [0.4, 0.5) is 8.78 Å². The lowest BCUT2D eigenvalue weighted by molar-refractivity contribution is 0.0641. The Hall–Kier alpha value is -3.14. The van der Waals surface area contributed by atoms with Gasteiger partial charge in [0, 0.05) is 24.6 Å². The highest BCUT2D eigenvalue weighted by molar-refractivity contribution is 7.18. The van der Waals surface area contributed by atoms with E-state index in [0.717, 1.165) is 28.8 Å². The zero-order valence-electron chi connectivity index (χ0n) is 16.2. The van der Waals surface area contributed by atoms with Gasteiger partial charge in [0.2, 0.25) is 5.76 Å². The average molecular weight is 441 g/mol. The molecule has 4 heterocycles. The molecule has 158 valence electrons. The Kier molecular flexibility index (Phi) is 4.17. The number of carbonyl (C=O) groups excluding carboxylic acids is 1. The fraction of sp³-hybridized carbons (Fsp3) is 0.333. The molecule has 7 nitrogen and oxygen atoms in total. The largest absolute Gasteiger partial charge is 0.435 e. The van der Waals surface area contributed by atoms with Gasteiger partial charge in [-0.05, 0) is 25.0 Å². The molecule has 4 aromatic rings. The quantitative estimate of drug-likeness (QED) is 0.500. The van der Waals surface area contributed by atoms with Crippen molar-refractivity contribution in [2.75, 3.05) is 6.54 Å². The first-order valence-electron chi connectivity index (χ1n) is 10.1. The molecule has 0 saturated heterocycles. The van der Waals surface area contributed by atoms with E-state index >= 15 is 0 Å². The van der Waals surface area contributed by atoms with Crippen molar-refractivity contribution in [1.29, 1.82) is 0 Å². The summed E-state index contributed by atoms with van der Waals surface area (Å²) in [5.41, 5.74) is 1.84. The number of halogens is 2. The number of hydrogen-bond donors (Lipinski definition) is 1. The molecule has 0 radical (unpaired) electrons. The second-order valence-corrected chi connectivity index (χ2v) is 8.84. The molecule has 1 aliphatic carbocycles. The van der Waals surface area contributed by atoms with Crippen LogP contribution in [0, 0.1) is 0 Å². The summed E-state index contributed by atoms with van der Waals surface area (Å²) in [5, 5.41) is 0.683. The summed E-state index contributed by atoms with van der Waals surface area (Å²) < 4.78 is 33.9. The van der Waals surface area contributed by atoms with Gasteiger partial charge in [-0.3, -0.25) is 4.79 Å². The molecule has 1 atom stereocenters. The number of oxazole rings is 1. The van der Waals surface area contributed by atoms with E-state index in [-0.39, 0.29) is 17.6 Å². The minimum Gasteiger partial charge on any atom is -0.435 e. The van der Waals surface area contributed by atoms with Gasteiger partial charge in [0.1, 0.15) is 11.0 Å². The smallest absolute Gasteiger partial charge is 0.292 e. The van der Waals surface area contributed by atoms with Crippen molar-refractivity contribution in [3.05, 3.63) is 64.3 Å². The van der Waals surface area contributed by atoms with Gasteiger partial charge >= 0.3 is 0 Å². The molecule has 1 aliphatic heterocycles. The third kappa shape index (κ3) is 3.04. The Balaban J connectivity index is 1.45. The van der Waals surface area contributed by atoms with E-state index < -0.39 is 24.1 Å². The van der Waals surface area contributed by atoms with Crippen LogP contribution in [0.15, 0.2) is 35.0 Å². The van der Waals surface area contributed by atoms with E-state index in [4.69, 9.17) is 9.40 Å². The standard InChI is InChI=1S/C21H17F2N5O2S/c22-18(23)15-17(30-19(27-15)10-5-6-10)21(29)28-8-7-12-14(25-9-24-12)16(28)20-26-11-3-1-2-4-13(11)31-20/h1-4,9-10,16,18H,5-8H2,(H,24,25)/t16-/m0/s1. The van der Waals surface area contributed by atoms with Crippen LogP contribution in [-0.2, 0) is 6.42 Å². The van der Waals surface area contributed by atoms with Crippen LogP contribution in [0.2, 0.25) is 0 Å². The van der Waals surface area contributed by atoms with Crippen LogP contribution in [0.25, 0.3) is 10.2 Å². The maximum Gasteiger partial charge on any atom is 0.292 e.